The molecule has 37 heavy (non-hydrogen) atoms. The highest BCUT2D eigenvalue weighted by molar-refractivity contribution is 7.98. The number of carbonyl (C=O) groups excluding carboxylic acids is 3. The molecule has 0 saturated carbocycles. The van der Waals surface area contributed by atoms with Crippen LogP contribution in [0.2, 0.25) is 0 Å². The van der Waals surface area contributed by atoms with Crippen LogP contribution in [0.15, 0.2) is 9.98 Å². The topological polar surface area (TPSA) is 300 Å². The van der Waals surface area contributed by atoms with Crippen LogP contribution >= 0.6 is 11.8 Å². The van der Waals surface area contributed by atoms with Crippen molar-refractivity contribution in [1.29, 1.82) is 0 Å². The van der Waals surface area contributed by atoms with Gasteiger partial charge >= 0.3 is 5.97 Å². The lowest BCUT2D eigenvalue weighted by molar-refractivity contribution is -0.142. The number of rotatable bonds is 19. The van der Waals surface area contributed by atoms with Crippen molar-refractivity contribution in [1.82, 2.24) is 16.0 Å². The summed E-state index contributed by atoms with van der Waals surface area (Å²) in [4.78, 5) is 57.0. The molecule has 17 heteroatoms. The van der Waals surface area contributed by atoms with E-state index in [0.717, 1.165) is 0 Å². The molecule has 0 aromatic heterocycles. The largest absolute Gasteiger partial charge is 0.480 e. The molecule has 0 aliphatic carbocycles. The Morgan fingerprint density at radius 1 is 0.784 bits per heavy atom. The summed E-state index contributed by atoms with van der Waals surface area (Å²) < 4.78 is 0. The van der Waals surface area contributed by atoms with E-state index in [1.165, 1.54) is 11.8 Å². The van der Waals surface area contributed by atoms with Crippen LogP contribution in [0.25, 0.3) is 0 Å². The maximum atomic E-state index is 12.8. The second-order valence-electron chi connectivity index (χ2n) is 7.99. The Kier molecular flexibility index (Phi) is 17.2. The number of amides is 3. The molecule has 0 aliphatic heterocycles. The Balaban J connectivity index is 5.11. The third kappa shape index (κ3) is 15.4. The van der Waals surface area contributed by atoms with Gasteiger partial charge < -0.3 is 54.8 Å². The van der Waals surface area contributed by atoms with Gasteiger partial charge in [0, 0.05) is 13.1 Å². The van der Waals surface area contributed by atoms with Gasteiger partial charge in [0.15, 0.2) is 11.9 Å². The van der Waals surface area contributed by atoms with Crippen LogP contribution < -0.4 is 44.6 Å². The van der Waals surface area contributed by atoms with E-state index in [9.17, 15) is 29.4 Å². The summed E-state index contributed by atoms with van der Waals surface area (Å²) in [6.07, 6.45) is 3.02. The highest BCUT2D eigenvalue weighted by atomic mass is 32.2. The van der Waals surface area contributed by atoms with Crippen molar-refractivity contribution < 1.29 is 29.4 Å². The molecule has 15 N–H and O–H groups in total. The van der Waals surface area contributed by atoms with Gasteiger partial charge in [-0.3, -0.25) is 24.4 Å². The molecule has 0 radical (unpaired) electrons. The number of guanidine groups is 2. The zero-order chi connectivity index (χ0) is 28.4. The van der Waals surface area contributed by atoms with Crippen molar-refractivity contribution in [2.75, 3.05) is 31.7 Å². The monoisotopic (exact) mass is 548 g/mol. The molecule has 0 spiro atoms. The molecule has 16 nitrogen and oxygen atoms in total. The highest BCUT2D eigenvalue weighted by Gasteiger charge is 2.29. The van der Waals surface area contributed by atoms with E-state index in [2.05, 4.69) is 25.9 Å². The minimum atomic E-state index is -1.45. The highest BCUT2D eigenvalue weighted by Crippen LogP contribution is 2.05. The Morgan fingerprint density at radius 2 is 1.27 bits per heavy atom. The van der Waals surface area contributed by atoms with Gasteiger partial charge in [0.2, 0.25) is 17.7 Å². The Labute approximate surface area is 219 Å². The number of aliphatic imine (C=N–C) groups is 2. The minimum Gasteiger partial charge on any atom is -0.480 e. The summed E-state index contributed by atoms with van der Waals surface area (Å²) in [5, 5.41) is 26.2. The van der Waals surface area contributed by atoms with Crippen LogP contribution in [0.4, 0.5) is 0 Å². The van der Waals surface area contributed by atoms with E-state index in [-0.39, 0.29) is 44.1 Å². The first-order valence-electron chi connectivity index (χ1n) is 11.5. The average molecular weight is 549 g/mol. The second kappa shape index (κ2) is 18.9. The number of hydrogen-bond donors (Lipinski definition) is 10. The number of hydrogen-bond acceptors (Lipinski definition) is 9. The molecule has 0 aliphatic rings. The van der Waals surface area contributed by atoms with Crippen molar-refractivity contribution in [3.05, 3.63) is 0 Å². The summed E-state index contributed by atoms with van der Waals surface area (Å²) in [7, 11) is 0. The SMILES string of the molecule is CSCCC(NC(=O)C(N)CCCN=C(N)N)C(=O)NC(CO)C(=O)NC(CCCN=C(N)N)C(=O)O. The average Bonchev–Trinajstić information content (AvgIpc) is 2.83. The fourth-order valence-corrected chi connectivity index (χ4v) is 3.40. The number of carboxylic acids is 1. The van der Waals surface area contributed by atoms with E-state index in [0.29, 0.717) is 18.7 Å². The smallest absolute Gasteiger partial charge is 0.326 e. The minimum absolute atomic E-state index is 0.0113. The number of carboxylic acid groups (broad SMARTS) is 1. The molecule has 0 aromatic carbocycles. The number of carbonyl (C=O) groups is 4. The predicted molar refractivity (Wildman–Crippen MR) is 141 cm³/mol. The molecule has 0 rings (SSSR count). The molecule has 212 valence electrons. The van der Waals surface area contributed by atoms with E-state index >= 15 is 0 Å². The van der Waals surface area contributed by atoms with Gasteiger partial charge in [0.25, 0.3) is 0 Å². The third-order valence-electron chi connectivity index (χ3n) is 4.92. The lowest BCUT2D eigenvalue weighted by Gasteiger charge is -2.24. The summed E-state index contributed by atoms with van der Waals surface area (Å²) >= 11 is 1.44. The lowest BCUT2D eigenvalue weighted by Crippen LogP contribution is -2.58. The Hall–Kier alpha value is -3.31. The third-order valence-corrected chi connectivity index (χ3v) is 5.57. The molecular formula is C20H40N10O6S. The molecule has 0 aromatic rings. The van der Waals surface area contributed by atoms with E-state index in [1.54, 1.807) is 0 Å². The first kappa shape index (κ1) is 33.7. The molecule has 0 heterocycles. The maximum Gasteiger partial charge on any atom is 0.326 e. The number of thioether (sulfide) groups is 1. The molecule has 3 amide bonds. The van der Waals surface area contributed by atoms with E-state index in [4.69, 9.17) is 28.7 Å². The number of aliphatic carboxylic acids is 1. The van der Waals surface area contributed by atoms with Crippen LogP contribution in [-0.4, -0.2) is 102 Å². The van der Waals surface area contributed by atoms with Crippen molar-refractivity contribution in [2.45, 2.75) is 56.3 Å². The van der Waals surface area contributed by atoms with Crippen LogP contribution in [0.3, 0.4) is 0 Å². The summed E-state index contributed by atoms with van der Waals surface area (Å²) in [5.41, 5.74) is 26.8. The maximum absolute atomic E-state index is 12.8. The lowest BCUT2D eigenvalue weighted by atomic mass is 10.1. The predicted octanol–water partition coefficient (Wildman–Crippen LogP) is -4.29. The number of nitrogens with one attached hydrogen (secondary N) is 3. The van der Waals surface area contributed by atoms with Crippen molar-refractivity contribution in [2.24, 2.45) is 38.7 Å². The van der Waals surface area contributed by atoms with Crippen LogP contribution in [-0.2, 0) is 19.2 Å². The zero-order valence-electron chi connectivity index (χ0n) is 20.9. The molecule has 0 saturated heterocycles. The first-order chi connectivity index (χ1) is 17.4. The van der Waals surface area contributed by atoms with E-state index < -0.39 is 54.5 Å². The number of nitrogens with zero attached hydrogens (tertiary/aromatic N) is 2. The van der Waals surface area contributed by atoms with Crippen LogP contribution in [0, 0.1) is 0 Å². The van der Waals surface area contributed by atoms with Gasteiger partial charge in [0.1, 0.15) is 18.1 Å². The summed E-state index contributed by atoms with van der Waals surface area (Å²) in [6.45, 7) is -0.348. The number of nitrogens with two attached hydrogens (primary N) is 5. The van der Waals surface area contributed by atoms with Gasteiger partial charge in [0.05, 0.1) is 12.6 Å². The normalized spacial score (nSPS) is 13.8. The molecule has 4 unspecified atom stereocenters. The molecule has 0 fully saturated rings. The van der Waals surface area contributed by atoms with Crippen molar-refractivity contribution >= 4 is 47.4 Å². The Morgan fingerprint density at radius 3 is 1.76 bits per heavy atom. The standard InChI is InChI=1S/C20H40N10O6S/c1-37-9-6-12(28-15(32)11(21)4-2-7-26-19(22)23)16(33)30-14(10-31)17(34)29-13(18(35)36)5-3-8-27-20(24)25/h11-14,31H,2-10,21H2,1H3,(H,28,32)(H,29,34)(H,30,33)(H,35,36)(H4,22,23,26)(H4,24,25,27). The molecular weight excluding hydrogens is 508 g/mol. The second-order valence-corrected chi connectivity index (χ2v) is 8.98. The van der Waals surface area contributed by atoms with Gasteiger partial charge in [-0.25, -0.2) is 4.79 Å². The quantitative estimate of drug-likeness (QED) is 0.0416. The van der Waals surface area contributed by atoms with E-state index in [1.807, 2.05) is 6.26 Å². The number of aliphatic hydroxyl groups is 1. The first-order valence-corrected chi connectivity index (χ1v) is 12.9. The molecule has 4 atom stereocenters. The molecule has 0 bridgehead atoms. The van der Waals surface area contributed by atoms with Gasteiger partial charge in [-0.1, -0.05) is 0 Å². The van der Waals surface area contributed by atoms with Crippen LogP contribution in [0.1, 0.15) is 32.1 Å². The summed E-state index contributed by atoms with van der Waals surface area (Å²) in [5.74, 6) is -3.24. The van der Waals surface area contributed by atoms with Crippen molar-refractivity contribution in [3.63, 3.8) is 0 Å². The fourth-order valence-electron chi connectivity index (χ4n) is 2.93. The fraction of sp³-hybridized carbons (Fsp3) is 0.700. The van der Waals surface area contributed by atoms with Crippen LogP contribution in [0.5, 0.6) is 0 Å². The van der Waals surface area contributed by atoms with Gasteiger partial charge in [-0.15, -0.1) is 0 Å². The zero-order valence-corrected chi connectivity index (χ0v) is 21.7. The van der Waals surface area contributed by atoms with Gasteiger partial charge in [-0.05, 0) is 44.1 Å². The van der Waals surface area contributed by atoms with Crippen molar-refractivity contribution in [3.8, 4) is 0 Å². The number of aliphatic hydroxyl groups excluding tert-OH is 1. The summed E-state index contributed by atoms with van der Waals surface area (Å²) in [6, 6.07) is -4.71. The Bertz CT molecular complexity index is 804. The van der Waals surface area contributed by atoms with Gasteiger partial charge in [-0.2, -0.15) is 11.8 Å².